The molecule has 0 fully saturated rings. The molecule has 2 N–H and O–H groups in total. The van der Waals surface area contributed by atoms with Gasteiger partial charge in [0, 0.05) is 13.1 Å². The molecule has 1 aromatic carbocycles. The zero-order chi connectivity index (χ0) is 17.5. The number of ether oxygens (including phenoxy) is 1. The Kier molecular flexibility index (Phi) is 7.47. The Bertz CT molecular complexity index is 630. The molecule has 0 atom stereocenters. The molecule has 23 heavy (non-hydrogen) atoms. The van der Waals surface area contributed by atoms with Crippen molar-refractivity contribution in [2.75, 3.05) is 40.8 Å². The normalized spacial score (nSPS) is 11.5. The first-order valence-corrected chi connectivity index (χ1v) is 8.90. The first kappa shape index (κ1) is 19.4. The van der Waals surface area contributed by atoms with Crippen molar-refractivity contribution < 1.29 is 17.9 Å². The van der Waals surface area contributed by atoms with E-state index < -0.39 is 10.0 Å². The smallest absolute Gasteiger partial charge is 0.255 e. The van der Waals surface area contributed by atoms with Gasteiger partial charge in [-0.05, 0) is 52.2 Å². The summed E-state index contributed by atoms with van der Waals surface area (Å²) in [4.78, 5) is 14.1. The van der Waals surface area contributed by atoms with Gasteiger partial charge < -0.3 is 15.0 Å². The first-order chi connectivity index (χ1) is 10.8. The van der Waals surface area contributed by atoms with E-state index in [4.69, 9.17) is 4.74 Å². The van der Waals surface area contributed by atoms with Crippen molar-refractivity contribution in [2.45, 2.75) is 18.2 Å². The van der Waals surface area contributed by atoms with Gasteiger partial charge in [0.25, 0.3) is 5.91 Å². The van der Waals surface area contributed by atoms with E-state index in [9.17, 15) is 13.2 Å². The molecule has 0 bridgehead atoms. The fourth-order valence-corrected chi connectivity index (χ4v) is 3.07. The minimum atomic E-state index is -3.66. The summed E-state index contributed by atoms with van der Waals surface area (Å²) in [6.07, 6.45) is 0.700. The molecule has 0 saturated heterocycles. The van der Waals surface area contributed by atoms with Crippen LogP contribution in [-0.2, 0) is 10.0 Å². The zero-order valence-corrected chi connectivity index (χ0v) is 14.9. The molecule has 0 heterocycles. The molecule has 8 heteroatoms. The molecule has 1 amide bonds. The highest BCUT2D eigenvalue weighted by Crippen LogP contribution is 2.22. The van der Waals surface area contributed by atoms with Crippen LogP contribution in [0.25, 0.3) is 0 Å². The quantitative estimate of drug-likeness (QED) is 0.644. The molecule has 0 unspecified atom stereocenters. The van der Waals surface area contributed by atoms with E-state index in [2.05, 4.69) is 10.0 Å². The van der Waals surface area contributed by atoms with E-state index in [0.717, 1.165) is 6.54 Å². The Morgan fingerprint density at radius 3 is 2.57 bits per heavy atom. The van der Waals surface area contributed by atoms with Crippen molar-refractivity contribution in [3.63, 3.8) is 0 Å². The second kappa shape index (κ2) is 8.85. The molecule has 1 aromatic rings. The molecular weight excluding hydrogens is 318 g/mol. The maximum Gasteiger partial charge on any atom is 0.255 e. The van der Waals surface area contributed by atoms with Crippen LogP contribution in [-0.4, -0.2) is 60.1 Å². The molecule has 130 valence electrons. The van der Waals surface area contributed by atoms with Gasteiger partial charge in [-0.25, -0.2) is 13.1 Å². The summed E-state index contributed by atoms with van der Waals surface area (Å²) in [5.74, 6) is -0.0310. The molecule has 7 nitrogen and oxygen atoms in total. The van der Waals surface area contributed by atoms with E-state index >= 15 is 0 Å². The number of hydrogen-bond acceptors (Lipinski definition) is 5. The monoisotopic (exact) mass is 343 g/mol. The molecule has 1 rings (SSSR count). The number of carbonyl (C=O) groups is 1. The average molecular weight is 343 g/mol. The Morgan fingerprint density at radius 2 is 2.00 bits per heavy atom. The predicted octanol–water partition coefficient (Wildman–Crippen LogP) is 0.675. The molecule has 0 aliphatic rings. The summed E-state index contributed by atoms with van der Waals surface area (Å²) in [7, 11) is 1.63. The van der Waals surface area contributed by atoms with Crippen LogP contribution < -0.4 is 14.8 Å². The Labute approximate surface area is 138 Å². The summed E-state index contributed by atoms with van der Waals surface area (Å²) in [6.45, 7) is 3.36. The van der Waals surface area contributed by atoms with Crippen molar-refractivity contribution >= 4 is 15.9 Å². The minimum Gasteiger partial charge on any atom is -0.496 e. The third-order valence-corrected chi connectivity index (χ3v) is 4.60. The fourth-order valence-electron chi connectivity index (χ4n) is 1.97. The van der Waals surface area contributed by atoms with Crippen molar-refractivity contribution in [1.29, 1.82) is 0 Å². The second-order valence-corrected chi connectivity index (χ2v) is 7.04. The largest absolute Gasteiger partial charge is 0.496 e. The van der Waals surface area contributed by atoms with E-state index in [-0.39, 0.29) is 16.4 Å². The molecule has 0 saturated carbocycles. The third-order valence-electron chi connectivity index (χ3n) is 3.14. The van der Waals surface area contributed by atoms with Gasteiger partial charge in [-0.3, -0.25) is 4.79 Å². The van der Waals surface area contributed by atoms with Crippen molar-refractivity contribution in [1.82, 2.24) is 14.9 Å². The van der Waals surface area contributed by atoms with Gasteiger partial charge in [0.15, 0.2) is 0 Å². The standard InChI is InChI=1S/C15H25N3O4S/c1-5-16-15(19)13-11-12(7-8-14(13)22-4)23(20,21)17-9-6-10-18(2)3/h7-8,11,17H,5-6,9-10H2,1-4H3,(H,16,19). The first-order valence-electron chi connectivity index (χ1n) is 7.42. The molecule has 0 aliphatic heterocycles. The number of amides is 1. The lowest BCUT2D eigenvalue weighted by Gasteiger charge is -2.12. The Morgan fingerprint density at radius 1 is 1.30 bits per heavy atom. The number of nitrogens with zero attached hydrogens (tertiary/aromatic N) is 1. The minimum absolute atomic E-state index is 0.0457. The lowest BCUT2D eigenvalue weighted by atomic mass is 10.2. The SMILES string of the molecule is CCNC(=O)c1cc(S(=O)(=O)NCCCN(C)C)ccc1OC. The van der Waals surface area contributed by atoms with Crippen LogP contribution in [0, 0.1) is 0 Å². The molecular formula is C15H25N3O4S. The Hall–Kier alpha value is -1.64. The number of rotatable bonds is 9. The number of benzene rings is 1. The number of methoxy groups -OCH3 is 1. The van der Waals surface area contributed by atoms with Crippen LogP contribution in [0.1, 0.15) is 23.7 Å². The van der Waals surface area contributed by atoms with Gasteiger partial charge in [-0.2, -0.15) is 0 Å². The van der Waals surface area contributed by atoms with Crippen LogP contribution in [0.4, 0.5) is 0 Å². The highest BCUT2D eigenvalue weighted by atomic mass is 32.2. The van der Waals surface area contributed by atoms with Gasteiger partial charge in [0.1, 0.15) is 5.75 Å². The Balaban J connectivity index is 2.94. The zero-order valence-electron chi connectivity index (χ0n) is 14.0. The molecule has 0 aromatic heterocycles. The summed E-state index contributed by atoms with van der Waals surface area (Å²) < 4.78 is 32.3. The van der Waals surface area contributed by atoms with Crippen LogP contribution in [0.3, 0.4) is 0 Å². The predicted molar refractivity (Wildman–Crippen MR) is 89.4 cm³/mol. The molecule has 0 radical (unpaired) electrons. The summed E-state index contributed by atoms with van der Waals surface area (Å²) in [5, 5.41) is 2.64. The summed E-state index contributed by atoms with van der Waals surface area (Å²) in [6, 6.07) is 4.24. The van der Waals surface area contributed by atoms with E-state index in [1.54, 1.807) is 6.92 Å². The highest BCUT2D eigenvalue weighted by Gasteiger charge is 2.19. The van der Waals surface area contributed by atoms with Crippen LogP contribution in [0.2, 0.25) is 0 Å². The van der Waals surface area contributed by atoms with Crippen molar-refractivity contribution in [3.8, 4) is 5.75 Å². The lowest BCUT2D eigenvalue weighted by molar-refractivity contribution is 0.0952. The fraction of sp³-hybridized carbons (Fsp3) is 0.533. The van der Waals surface area contributed by atoms with Crippen molar-refractivity contribution in [2.24, 2.45) is 0 Å². The number of hydrogen-bond donors (Lipinski definition) is 2. The van der Waals surface area contributed by atoms with E-state index in [1.165, 1.54) is 25.3 Å². The maximum atomic E-state index is 12.3. The van der Waals surface area contributed by atoms with Gasteiger partial charge in [-0.15, -0.1) is 0 Å². The highest BCUT2D eigenvalue weighted by molar-refractivity contribution is 7.89. The van der Waals surface area contributed by atoms with Crippen LogP contribution in [0.5, 0.6) is 5.75 Å². The average Bonchev–Trinajstić information content (AvgIpc) is 2.51. The van der Waals surface area contributed by atoms with Crippen molar-refractivity contribution in [3.05, 3.63) is 23.8 Å². The third kappa shape index (κ3) is 5.81. The van der Waals surface area contributed by atoms with Gasteiger partial charge in [0.05, 0.1) is 17.6 Å². The van der Waals surface area contributed by atoms with Gasteiger partial charge in [0.2, 0.25) is 10.0 Å². The lowest BCUT2D eigenvalue weighted by Crippen LogP contribution is -2.28. The summed E-state index contributed by atoms with van der Waals surface area (Å²) >= 11 is 0. The maximum absolute atomic E-state index is 12.3. The topological polar surface area (TPSA) is 87.7 Å². The second-order valence-electron chi connectivity index (χ2n) is 5.28. The number of sulfonamides is 1. The summed E-state index contributed by atoms with van der Waals surface area (Å²) in [5.41, 5.74) is 0.200. The van der Waals surface area contributed by atoms with Crippen LogP contribution in [0.15, 0.2) is 23.1 Å². The van der Waals surface area contributed by atoms with Gasteiger partial charge in [-0.1, -0.05) is 0 Å². The number of carbonyl (C=O) groups excluding carboxylic acids is 1. The van der Waals surface area contributed by atoms with E-state index in [1.807, 2.05) is 19.0 Å². The van der Waals surface area contributed by atoms with E-state index in [0.29, 0.717) is 25.3 Å². The molecule has 0 spiro atoms. The number of nitrogens with one attached hydrogen (secondary N) is 2. The van der Waals surface area contributed by atoms with Crippen LogP contribution >= 0.6 is 0 Å². The molecule has 0 aliphatic carbocycles. The van der Waals surface area contributed by atoms with Gasteiger partial charge >= 0.3 is 0 Å².